The normalized spacial score (nSPS) is 9.75. The van der Waals surface area contributed by atoms with Gasteiger partial charge in [-0.05, 0) is 30.4 Å². The van der Waals surface area contributed by atoms with Gasteiger partial charge in [0.1, 0.15) is 0 Å². The van der Waals surface area contributed by atoms with Crippen LogP contribution >= 0.6 is 0 Å². The van der Waals surface area contributed by atoms with Gasteiger partial charge in [0.25, 0.3) is 0 Å². The van der Waals surface area contributed by atoms with E-state index in [0.717, 1.165) is 12.8 Å². The molecule has 0 aliphatic rings. The molecule has 0 N–H and O–H groups in total. The summed E-state index contributed by atoms with van der Waals surface area (Å²) in [5.74, 6) is 0. The van der Waals surface area contributed by atoms with Gasteiger partial charge in [-0.2, -0.15) is 0 Å². The minimum absolute atomic E-state index is 0.955. The first-order valence-corrected chi connectivity index (χ1v) is 4.40. The van der Waals surface area contributed by atoms with Crippen LogP contribution in [0, 0.1) is 6.42 Å². The monoisotopic (exact) mass is 159 g/mol. The highest BCUT2D eigenvalue weighted by Gasteiger charge is 1.97. The second kappa shape index (κ2) is 4.76. The molecule has 1 aromatic carbocycles. The lowest BCUT2D eigenvalue weighted by Crippen LogP contribution is -1.88. The fourth-order valence-corrected chi connectivity index (χ4v) is 1.27. The van der Waals surface area contributed by atoms with Gasteiger partial charge in [0.2, 0.25) is 0 Å². The van der Waals surface area contributed by atoms with E-state index in [1.807, 2.05) is 6.08 Å². The van der Waals surface area contributed by atoms with Crippen LogP contribution in [0.5, 0.6) is 0 Å². The van der Waals surface area contributed by atoms with Crippen molar-refractivity contribution in [3.63, 3.8) is 0 Å². The van der Waals surface area contributed by atoms with Gasteiger partial charge in [0.05, 0.1) is 0 Å². The summed E-state index contributed by atoms with van der Waals surface area (Å²) in [5, 5.41) is 0. The standard InChI is InChI=1S/C12H15/c1-3-5-8-12-10-7-6-9-11(12)4-2/h3,6-10H,1,4-5H2,2H3. The van der Waals surface area contributed by atoms with E-state index in [-0.39, 0.29) is 0 Å². The van der Waals surface area contributed by atoms with Gasteiger partial charge >= 0.3 is 0 Å². The highest BCUT2D eigenvalue weighted by Crippen LogP contribution is 2.13. The summed E-state index contributed by atoms with van der Waals surface area (Å²) in [5.41, 5.74) is 2.76. The van der Waals surface area contributed by atoms with Crippen molar-refractivity contribution in [2.75, 3.05) is 0 Å². The van der Waals surface area contributed by atoms with Gasteiger partial charge in [0, 0.05) is 0 Å². The minimum Gasteiger partial charge on any atom is -0.103 e. The van der Waals surface area contributed by atoms with Crippen LogP contribution in [0.25, 0.3) is 0 Å². The number of allylic oxidation sites excluding steroid dienone is 1. The lowest BCUT2D eigenvalue weighted by Gasteiger charge is -2.04. The summed E-state index contributed by atoms with van der Waals surface area (Å²) in [6, 6.07) is 8.50. The van der Waals surface area contributed by atoms with Crippen molar-refractivity contribution in [3.8, 4) is 0 Å². The molecule has 0 atom stereocenters. The van der Waals surface area contributed by atoms with Crippen molar-refractivity contribution < 1.29 is 0 Å². The zero-order valence-corrected chi connectivity index (χ0v) is 7.59. The second-order valence-electron chi connectivity index (χ2n) is 2.78. The van der Waals surface area contributed by atoms with E-state index in [2.05, 4.69) is 44.2 Å². The Morgan fingerprint density at radius 1 is 1.33 bits per heavy atom. The van der Waals surface area contributed by atoms with E-state index >= 15 is 0 Å². The second-order valence-corrected chi connectivity index (χ2v) is 2.78. The van der Waals surface area contributed by atoms with Crippen molar-refractivity contribution in [2.45, 2.75) is 19.8 Å². The molecule has 0 aliphatic heterocycles. The quantitative estimate of drug-likeness (QED) is 0.591. The Kier molecular flexibility index (Phi) is 3.59. The Balaban J connectivity index is 2.74. The molecule has 0 fully saturated rings. The highest BCUT2D eigenvalue weighted by atomic mass is 14.0. The number of aryl methyl sites for hydroxylation is 1. The van der Waals surface area contributed by atoms with E-state index in [9.17, 15) is 0 Å². The van der Waals surface area contributed by atoms with Crippen LogP contribution < -0.4 is 0 Å². The van der Waals surface area contributed by atoms with Gasteiger partial charge in [0.15, 0.2) is 0 Å². The lowest BCUT2D eigenvalue weighted by atomic mass is 10.0. The fraction of sp³-hybridized carbons (Fsp3) is 0.250. The summed E-state index contributed by atoms with van der Waals surface area (Å²) >= 11 is 0. The smallest absolute Gasteiger partial charge is 0.00528 e. The third-order valence-electron chi connectivity index (χ3n) is 1.94. The molecular weight excluding hydrogens is 144 g/mol. The highest BCUT2D eigenvalue weighted by molar-refractivity contribution is 5.33. The van der Waals surface area contributed by atoms with Crippen molar-refractivity contribution in [2.24, 2.45) is 0 Å². The summed E-state index contributed by atoms with van der Waals surface area (Å²) < 4.78 is 0. The van der Waals surface area contributed by atoms with E-state index < -0.39 is 0 Å². The molecule has 1 radical (unpaired) electrons. The maximum atomic E-state index is 3.70. The maximum Gasteiger partial charge on any atom is -0.00528 e. The molecule has 0 bridgehead atoms. The maximum absolute atomic E-state index is 3.70. The molecule has 0 heterocycles. The average Bonchev–Trinajstić information content (AvgIpc) is 2.15. The van der Waals surface area contributed by atoms with Crippen molar-refractivity contribution in [1.29, 1.82) is 0 Å². The van der Waals surface area contributed by atoms with Crippen molar-refractivity contribution in [1.82, 2.24) is 0 Å². The molecule has 12 heavy (non-hydrogen) atoms. The van der Waals surface area contributed by atoms with Gasteiger partial charge in [-0.1, -0.05) is 37.3 Å². The molecule has 0 saturated heterocycles. The van der Waals surface area contributed by atoms with Crippen LogP contribution in [0.2, 0.25) is 0 Å². The van der Waals surface area contributed by atoms with Crippen LogP contribution in [-0.2, 0) is 6.42 Å². The lowest BCUT2D eigenvalue weighted by molar-refractivity contribution is 1.09. The Labute approximate surface area is 74.9 Å². The molecule has 0 unspecified atom stereocenters. The number of hydrogen-bond acceptors (Lipinski definition) is 0. The molecule has 0 aromatic heterocycles. The SMILES string of the molecule is C=CC[CH]c1ccccc1CC. The Bertz CT molecular complexity index is 248. The summed E-state index contributed by atoms with van der Waals surface area (Å²) in [6.07, 6.45) is 6.19. The van der Waals surface area contributed by atoms with Gasteiger partial charge in [-0.3, -0.25) is 0 Å². The molecule has 0 spiro atoms. The molecule has 0 nitrogen and oxygen atoms in total. The van der Waals surface area contributed by atoms with Gasteiger partial charge in [-0.15, -0.1) is 6.58 Å². The van der Waals surface area contributed by atoms with Crippen LogP contribution in [0.1, 0.15) is 24.5 Å². The van der Waals surface area contributed by atoms with Crippen molar-refractivity contribution in [3.05, 3.63) is 54.5 Å². The zero-order valence-electron chi connectivity index (χ0n) is 7.59. The van der Waals surface area contributed by atoms with Crippen LogP contribution in [0.3, 0.4) is 0 Å². The van der Waals surface area contributed by atoms with Gasteiger partial charge in [-0.25, -0.2) is 0 Å². The fourth-order valence-electron chi connectivity index (χ4n) is 1.27. The molecule has 0 saturated carbocycles. The number of hydrogen-bond donors (Lipinski definition) is 0. The van der Waals surface area contributed by atoms with Crippen LogP contribution in [0.15, 0.2) is 36.9 Å². The summed E-state index contributed by atoms with van der Waals surface area (Å²) in [6.45, 7) is 5.88. The molecule has 0 heteroatoms. The minimum atomic E-state index is 0.955. The van der Waals surface area contributed by atoms with E-state index in [1.54, 1.807) is 0 Å². The Morgan fingerprint density at radius 2 is 2.08 bits per heavy atom. The molecule has 1 rings (SSSR count). The number of rotatable bonds is 4. The van der Waals surface area contributed by atoms with Gasteiger partial charge < -0.3 is 0 Å². The van der Waals surface area contributed by atoms with Crippen LogP contribution in [-0.4, -0.2) is 0 Å². The molecule has 0 amide bonds. The summed E-state index contributed by atoms with van der Waals surface area (Å²) in [4.78, 5) is 0. The first-order chi connectivity index (χ1) is 5.88. The molecule has 63 valence electrons. The molecular formula is C12H15. The third kappa shape index (κ3) is 2.23. The van der Waals surface area contributed by atoms with E-state index in [4.69, 9.17) is 0 Å². The topological polar surface area (TPSA) is 0 Å². The van der Waals surface area contributed by atoms with E-state index in [1.165, 1.54) is 11.1 Å². The molecule has 1 aromatic rings. The largest absolute Gasteiger partial charge is 0.103 e. The first-order valence-electron chi connectivity index (χ1n) is 4.40. The van der Waals surface area contributed by atoms with Crippen molar-refractivity contribution >= 4 is 0 Å². The Morgan fingerprint density at radius 3 is 2.75 bits per heavy atom. The third-order valence-corrected chi connectivity index (χ3v) is 1.94. The predicted molar refractivity (Wildman–Crippen MR) is 54.0 cm³/mol. The molecule has 0 aliphatic carbocycles. The predicted octanol–water partition coefficient (Wildman–Crippen LogP) is 3.38. The first kappa shape index (κ1) is 9.05. The average molecular weight is 159 g/mol. The summed E-state index contributed by atoms with van der Waals surface area (Å²) in [7, 11) is 0. The van der Waals surface area contributed by atoms with Crippen LogP contribution in [0.4, 0.5) is 0 Å². The Hall–Kier alpha value is -1.04. The number of benzene rings is 1. The zero-order chi connectivity index (χ0) is 8.81. The van der Waals surface area contributed by atoms with E-state index in [0.29, 0.717) is 0 Å².